The molecular formula is C26H38N2O5. The normalized spacial score (nSPS) is 28.6. The maximum absolute atomic E-state index is 13.3. The second-order valence-corrected chi connectivity index (χ2v) is 10.7. The first-order valence-corrected chi connectivity index (χ1v) is 12.2. The lowest BCUT2D eigenvalue weighted by molar-refractivity contribution is -0.189. The smallest absolute Gasteiger partial charge is 0.245 e. The average molecular weight is 459 g/mol. The van der Waals surface area contributed by atoms with Gasteiger partial charge >= 0.3 is 0 Å². The third kappa shape index (κ3) is 4.70. The zero-order valence-electron chi connectivity index (χ0n) is 20.7. The van der Waals surface area contributed by atoms with Gasteiger partial charge in [0.2, 0.25) is 11.8 Å². The molecule has 0 aromatic heterocycles. The summed E-state index contributed by atoms with van der Waals surface area (Å²) in [5.41, 5.74) is 0.637. The predicted molar refractivity (Wildman–Crippen MR) is 125 cm³/mol. The molecule has 0 aliphatic carbocycles. The average Bonchev–Trinajstić information content (AvgIpc) is 2.75. The van der Waals surface area contributed by atoms with Crippen molar-refractivity contribution in [3.8, 4) is 11.5 Å². The Hall–Kier alpha value is -2.28. The van der Waals surface area contributed by atoms with Crippen LogP contribution in [0, 0.1) is 17.8 Å². The molecule has 5 atom stereocenters. The van der Waals surface area contributed by atoms with E-state index in [1.165, 1.54) is 6.92 Å². The standard InChI is InChI=1S/C26H38N2O5/c1-15(2)12-20(27-16(3)29)25(30)28-11-10-21-17(14-28)13-19-23(32-21)18-8-7-9-22(31-6)24(18)33-26(19,4)5/h7-9,15,17,19-21,23H,10-14H2,1-6H3,(H,27,29)/t17-,19+,20+,21+,23-/m0/s1. The number of carbonyl (C=O) groups is 2. The molecule has 1 aromatic carbocycles. The Morgan fingerprint density at radius 1 is 1.30 bits per heavy atom. The summed E-state index contributed by atoms with van der Waals surface area (Å²) >= 11 is 0. The first-order chi connectivity index (χ1) is 15.6. The van der Waals surface area contributed by atoms with E-state index >= 15 is 0 Å². The minimum Gasteiger partial charge on any atom is -0.493 e. The number of carbonyl (C=O) groups excluding carboxylic acids is 2. The van der Waals surface area contributed by atoms with Gasteiger partial charge in [-0.1, -0.05) is 26.0 Å². The summed E-state index contributed by atoms with van der Waals surface area (Å²) in [6.45, 7) is 11.1. The van der Waals surface area contributed by atoms with Crippen molar-refractivity contribution in [3.05, 3.63) is 23.8 Å². The molecule has 7 heteroatoms. The van der Waals surface area contributed by atoms with Crippen LogP contribution in [0.5, 0.6) is 11.5 Å². The highest BCUT2D eigenvalue weighted by atomic mass is 16.5. The number of benzene rings is 1. The molecule has 2 saturated heterocycles. The number of likely N-dealkylation sites (tertiary alicyclic amines) is 1. The van der Waals surface area contributed by atoms with Gasteiger partial charge in [0.1, 0.15) is 11.6 Å². The van der Waals surface area contributed by atoms with E-state index in [2.05, 4.69) is 39.1 Å². The Morgan fingerprint density at radius 2 is 2.06 bits per heavy atom. The van der Waals surface area contributed by atoms with E-state index in [1.807, 2.05) is 17.0 Å². The van der Waals surface area contributed by atoms with E-state index in [1.54, 1.807) is 7.11 Å². The molecule has 2 fully saturated rings. The molecule has 3 heterocycles. The molecule has 182 valence electrons. The maximum atomic E-state index is 13.3. The van der Waals surface area contributed by atoms with Gasteiger partial charge in [0.05, 0.1) is 19.3 Å². The van der Waals surface area contributed by atoms with Gasteiger partial charge in [0.15, 0.2) is 11.5 Å². The van der Waals surface area contributed by atoms with Crippen LogP contribution in [0.2, 0.25) is 0 Å². The monoisotopic (exact) mass is 458 g/mol. The molecule has 0 bridgehead atoms. The second kappa shape index (κ2) is 9.16. The van der Waals surface area contributed by atoms with Crippen LogP contribution >= 0.6 is 0 Å². The lowest BCUT2D eigenvalue weighted by Gasteiger charge is -2.53. The summed E-state index contributed by atoms with van der Waals surface area (Å²) in [5, 5.41) is 2.87. The Kier molecular flexibility index (Phi) is 6.63. The van der Waals surface area contributed by atoms with E-state index in [9.17, 15) is 9.59 Å². The number of nitrogens with one attached hydrogen (secondary N) is 1. The quantitative estimate of drug-likeness (QED) is 0.728. The molecule has 2 amide bonds. The van der Waals surface area contributed by atoms with Crippen molar-refractivity contribution >= 4 is 11.8 Å². The summed E-state index contributed by atoms with van der Waals surface area (Å²) < 4.78 is 18.7. The predicted octanol–water partition coefficient (Wildman–Crippen LogP) is 3.71. The molecule has 1 N–H and O–H groups in total. The Balaban J connectivity index is 1.52. The topological polar surface area (TPSA) is 77.1 Å². The largest absolute Gasteiger partial charge is 0.493 e. The van der Waals surface area contributed by atoms with Crippen molar-refractivity contribution in [2.24, 2.45) is 17.8 Å². The number of hydrogen-bond donors (Lipinski definition) is 1. The number of hydrogen-bond acceptors (Lipinski definition) is 5. The van der Waals surface area contributed by atoms with Gasteiger partial charge in [0, 0.05) is 37.4 Å². The SMILES string of the molecule is COc1cccc2c1OC(C)(C)[C@@H]1C[C@H]3CN(C(=O)[C@@H](CC(C)C)NC(C)=O)CC[C@H]3O[C@@H]21. The lowest BCUT2D eigenvalue weighted by atomic mass is 9.70. The number of methoxy groups -OCH3 is 1. The zero-order chi connectivity index (χ0) is 23.9. The second-order valence-electron chi connectivity index (χ2n) is 10.7. The van der Waals surface area contributed by atoms with Gasteiger partial charge in [-0.3, -0.25) is 9.59 Å². The molecule has 0 radical (unpaired) electrons. The van der Waals surface area contributed by atoms with Crippen LogP contribution in [-0.4, -0.2) is 54.7 Å². The highest BCUT2D eigenvalue weighted by molar-refractivity contribution is 5.87. The number of amides is 2. The summed E-state index contributed by atoms with van der Waals surface area (Å²) in [7, 11) is 1.66. The molecule has 4 rings (SSSR count). The Bertz CT molecular complexity index is 899. The van der Waals surface area contributed by atoms with Crippen molar-refractivity contribution in [1.29, 1.82) is 0 Å². The highest BCUT2D eigenvalue weighted by Crippen LogP contribution is 2.55. The molecular weight excluding hydrogens is 420 g/mol. The van der Waals surface area contributed by atoms with Crippen molar-refractivity contribution in [2.75, 3.05) is 20.2 Å². The Labute approximate surface area is 197 Å². The van der Waals surface area contributed by atoms with Crippen LogP contribution < -0.4 is 14.8 Å². The van der Waals surface area contributed by atoms with Crippen LogP contribution in [0.3, 0.4) is 0 Å². The van der Waals surface area contributed by atoms with Crippen LogP contribution in [-0.2, 0) is 14.3 Å². The van der Waals surface area contributed by atoms with Crippen LogP contribution in [0.4, 0.5) is 0 Å². The number of fused-ring (bicyclic) bond motifs is 4. The molecule has 0 spiro atoms. The fourth-order valence-electron chi connectivity index (χ4n) is 5.81. The number of nitrogens with zero attached hydrogens (tertiary/aromatic N) is 1. The summed E-state index contributed by atoms with van der Waals surface area (Å²) in [4.78, 5) is 27.0. The summed E-state index contributed by atoms with van der Waals surface area (Å²) in [5.74, 6) is 2.12. The minimum absolute atomic E-state index is 0.0220. The molecule has 3 aliphatic heterocycles. The van der Waals surface area contributed by atoms with Gasteiger partial charge in [-0.15, -0.1) is 0 Å². The van der Waals surface area contributed by atoms with Crippen LogP contribution in [0.25, 0.3) is 0 Å². The van der Waals surface area contributed by atoms with Crippen molar-refractivity contribution in [3.63, 3.8) is 0 Å². The van der Waals surface area contributed by atoms with E-state index in [4.69, 9.17) is 14.2 Å². The first kappa shape index (κ1) is 23.9. The molecule has 0 unspecified atom stereocenters. The third-order valence-electron chi connectivity index (χ3n) is 7.40. The van der Waals surface area contributed by atoms with Gasteiger partial charge in [-0.05, 0) is 45.1 Å². The summed E-state index contributed by atoms with van der Waals surface area (Å²) in [6.07, 6.45) is 2.43. The van der Waals surface area contributed by atoms with Gasteiger partial charge in [-0.25, -0.2) is 0 Å². The molecule has 0 saturated carbocycles. The molecule has 7 nitrogen and oxygen atoms in total. The van der Waals surface area contributed by atoms with E-state index in [0.717, 1.165) is 29.9 Å². The van der Waals surface area contributed by atoms with E-state index in [-0.39, 0.29) is 35.9 Å². The fourth-order valence-corrected chi connectivity index (χ4v) is 5.81. The van der Waals surface area contributed by atoms with E-state index < -0.39 is 11.6 Å². The van der Waals surface area contributed by atoms with Gasteiger partial charge in [-0.2, -0.15) is 0 Å². The van der Waals surface area contributed by atoms with Crippen molar-refractivity contribution < 1.29 is 23.8 Å². The van der Waals surface area contributed by atoms with Gasteiger partial charge in [0.25, 0.3) is 0 Å². The Morgan fingerprint density at radius 3 is 2.73 bits per heavy atom. The maximum Gasteiger partial charge on any atom is 0.245 e. The molecule has 1 aromatic rings. The van der Waals surface area contributed by atoms with Gasteiger partial charge < -0.3 is 24.4 Å². The van der Waals surface area contributed by atoms with Crippen LogP contribution in [0.1, 0.15) is 65.5 Å². The number of piperidine rings is 1. The molecule has 33 heavy (non-hydrogen) atoms. The third-order valence-corrected chi connectivity index (χ3v) is 7.40. The van der Waals surface area contributed by atoms with Crippen LogP contribution in [0.15, 0.2) is 18.2 Å². The lowest BCUT2D eigenvalue weighted by Crippen LogP contribution is -2.58. The zero-order valence-corrected chi connectivity index (χ0v) is 20.7. The fraction of sp³-hybridized carbons (Fsp3) is 0.692. The van der Waals surface area contributed by atoms with Crippen molar-refractivity contribution in [2.45, 2.75) is 77.7 Å². The number of para-hydroxylation sites is 1. The first-order valence-electron chi connectivity index (χ1n) is 12.2. The van der Waals surface area contributed by atoms with Crippen molar-refractivity contribution in [1.82, 2.24) is 10.2 Å². The number of rotatable bonds is 5. The highest BCUT2D eigenvalue weighted by Gasteiger charge is 2.52. The van der Waals surface area contributed by atoms with E-state index in [0.29, 0.717) is 25.4 Å². The summed E-state index contributed by atoms with van der Waals surface area (Å²) in [6, 6.07) is 5.52. The molecule has 3 aliphatic rings. The minimum atomic E-state index is -0.467. The number of ether oxygens (including phenoxy) is 3.